The number of carbonyl (C=O) groups is 1. The molecule has 0 radical (unpaired) electrons. The normalized spacial score (nSPS) is 15.5. The van der Waals surface area contributed by atoms with Crippen LogP contribution in [0.25, 0.3) is 11.1 Å². The summed E-state index contributed by atoms with van der Waals surface area (Å²) in [6.07, 6.45) is 7.39. The fraction of sp³-hybridized carbons (Fsp3) is 0.345. The van der Waals surface area contributed by atoms with Gasteiger partial charge in [-0.2, -0.15) is 5.26 Å². The number of rotatable bonds is 7. The summed E-state index contributed by atoms with van der Waals surface area (Å²) in [5.41, 5.74) is 4.09. The third kappa shape index (κ3) is 5.84. The molecule has 0 atom stereocenters. The lowest BCUT2D eigenvalue weighted by atomic mass is 9.78. The molecule has 8 nitrogen and oxygen atoms in total. The lowest BCUT2D eigenvalue weighted by Gasteiger charge is -2.30. The molecule has 3 heterocycles. The molecular weight excluding hydrogens is 464 g/mol. The van der Waals surface area contributed by atoms with E-state index >= 15 is 0 Å². The Labute approximate surface area is 217 Å². The minimum atomic E-state index is 0.125. The van der Waals surface area contributed by atoms with E-state index in [0.717, 1.165) is 86.8 Å². The van der Waals surface area contributed by atoms with Crippen LogP contribution in [-0.2, 0) is 0 Å². The largest absolute Gasteiger partial charge is 0.400 e. The molecular formula is C29H32N6O2. The Morgan fingerprint density at radius 1 is 1.14 bits per heavy atom. The minimum Gasteiger partial charge on any atom is -0.400 e. The van der Waals surface area contributed by atoms with Crippen molar-refractivity contribution in [3.8, 4) is 17.2 Å². The van der Waals surface area contributed by atoms with E-state index in [1.54, 1.807) is 6.07 Å². The average molecular weight is 497 g/mol. The van der Waals surface area contributed by atoms with Crippen molar-refractivity contribution < 1.29 is 9.90 Å². The van der Waals surface area contributed by atoms with Crippen molar-refractivity contribution in [1.82, 2.24) is 9.97 Å². The molecule has 3 aromatic rings. The van der Waals surface area contributed by atoms with Crippen LogP contribution in [0.3, 0.4) is 0 Å². The van der Waals surface area contributed by atoms with Gasteiger partial charge in [-0.05, 0) is 61.6 Å². The summed E-state index contributed by atoms with van der Waals surface area (Å²) in [5.74, 6) is 1.73. The van der Waals surface area contributed by atoms with Crippen molar-refractivity contribution >= 4 is 29.3 Å². The number of aliphatic hydroxyl groups excluding tert-OH is 1. The number of carbonyl (C=O) groups excluding carboxylic acids is 1. The molecule has 1 saturated carbocycles. The molecule has 1 saturated heterocycles. The number of benzene rings is 1. The molecule has 37 heavy (non-hydrogen) atoms. The Bertz CT molecular complexity index is 1260. The maximum atomic E-state index is 11.8. The fourth-order valence-corrected chi connectivity index (χ4v) is 4.75. The molecule has 5 rings (SSSR count). The van der Waals surface area contributed by atoms with Crippen molar-refractivity contribution in [1.29, 1.82) is 10.7 Å². The molecule has 1 aliphatic carbocycles. The predicted octanol–water partition coefficient (Wildman–Crippen LogP) is 5.22. The Balaban J connectivity index is 0.00000156. The number of aliphatic hydroxyl groups is 1. The number of aromatic nitrogens is 2. The van der Waals surface area contributed by atoms with E-state index in [4.69, 9.17) is 20.8 Å². The molecule has 2 aliphatic rings. The molecule has 0 bridgehead atoms. The highest BCUT2D eigenvalue weighted by Gasteiger charge is 2.28. The highest BCUT2D eigenvalue weighted by molar-refractivity contribution is 6.10. The number of piperidine rings is 1. The van der Waals surface area contributed by atoms with Crippen molar-refractivity contribution in [2.24, 2.45) is 11.8 Å². The third-order valence-corrected chi connectivity index (χ3v) is 7.04. The minimum absolute atomic E-state index is 0.125. The molecule has 190 valence electrons. The summed E-state index contributed by atoms with van der Waals surface area (Å²) in [6, 6.07) is 17.8. The van der Waals surface area contributed by atoms with Crippen molar-refractivity contribution in [2.45, 2.75) is 32.1 Å². The maximum Gasteiger partial charge on any atom is 0.168 e. The average Bonchev–Trinajstić information content (AvgIpc) is 2.93. The quantitative estimate of drug-likeness (QED) is 0.302. The summed E-state index contributed by atoms with van der Waals surface area (Å²) in [4.78, 5) is 23.3. The number of hydrogen-bond donors (Lipinski definition) is 3. The number of aldehydes is 1. The highest BCUT2D eigenvalue weighted by Crippen LogP contribution is 2.37. The first-order valence-electron chi connectivity index (χ1n) is 12.6. The summed E-state index contributed by atoms with van der Waals surface area (Å²) in [6.45, 7) is 1.63. The zero-order chi connectivity index (χ0) is 26.2. The highest BCUT2D eigenvalue weighted by atomic mass is 16.2. The second-order valence-electron chi connectivity index (χ2n) is 9.26. The standard InChI is InChI=1S/C28H28N6O.CH4O/c29-16-19-11-13-34(14-12-19)25-10-9-21(17-31-25)24-15-23(18-35)33-28(32-22-7-2-1-3-8-22)26(24)27(30)20-5-4-6-20;1-2/h1-3,7-10,15,17-20,30H,4-6,11-14H2,(H,32,33);2H,1H3. The fourth-order valence-electron chi connectivity index (χ4n) is 4.75. The number of nitriles is 1. The molecule has 2 fully saturated rings. The first-order chi connectivity index (χ1) is 18.2. The first-order valence-corrected chi connectivity index (χ1v) is 12.6. The molecule has 0 amide bonds. The second-order valence-corrected chi connectivity index (χ2v) is 9.26. The van der Waals surface area contributed by atoms with Gasteiger partial charge in [0.2, 0.25) is 0 Å². The Morgan fingerprint density at radius 2 is 1.86 bits per heavy atom. The van der Waals surface area contributed by atoms with Gasteiger partial charge in [0.1, 0.15) is 17.3 Å². The number of nitrogens with one attached hydrogen (secondary N) is 2. The van der Waals surface area contributed by atoms with Gasteiger partial charge in [-0.3, -0.25) is 4.79 Å². The lowest BCUT2D eigenvalue weighted by Crippen LogP contribution is -2.33. The van der Waals surface area contributed by atoms with Crippen LogP contribution in [-0.4, -0.2) is 47.3 Å². The number of nitrogens with zero attached hydrogens (tertiary/aromatic N) is 4. The van der Waals surface area contributed by atoms with E-state index in [1.165, 1.54) is 0 Å². The summed E-state index contributed by atoms with van der Waals surface area (Å²) >= 11 is 0. The lowest BCUT2D eigenvalue weighted by molar-refractivity contribution is 0.111. The summed E-state index contributed by atoms with van der Waals surface area (Å²) in [7, 11) is 1.00. The van der Waals surface area contributed by atoms with Crippen LogP contribution < -0.4 is 10.2 Å². The van der Waals surface area contributed by atoms with E-state index in [-0.39, 0.29) is 11.8 Å². The van der Waals surface area contributed by atoms with E-state index in [2.05, 4.69) is 21.3 Å². The van der Waals surface area contributed by atoms with E-state index in [0.29, 0.717) is 17.2 Å². The van der Waals surface area contributed by atoms with Crippen molar-refractivity contribution in [2.75, 3.05) is 30.4 Å². The molecule has 3 N–H and O–H groups in total. The van der Waals surface area contributed by atoms with Gasteiger partial charge in [0, 0.05) is 60.8 Å². The molecule has 8 heteroatoms. The van der Waals surface area contributed by atoms with Gasteiger partial charge >= 0.3 is 0 Å². The molecule has 2 aromatic heterocycles. The number of hydrogen-bond acceptors (Lipinski definition) is 8. The van der Waals surface area contributed by atoms with Crippen molar-refractivity contribution in [3.05, 3.63) is 66.0 Å². The van der Waals surface area contributed by atoms with Crippen LogP contribution in [0, 0.1) is 28.6 Å². The van der Waals surface area contributed by atoms with Gasteiger partial charge < -0.3 is 20.7 Å². The Kier molecular flexibility index (Phi) is 8.60. The van der Waals surface area contributed by atoms with E-state index in [9.17, 15) is 4.79 Å². The Hall–Kier alpha value is -4.09. The van der Waals surface area contributed by atoms with Gasteiger partial charge in [-0.1, -0.05) is 24.6 Å². The first kappa shape index (κ1) is 26.0. The third-order valence-electron chi connectivity index (χ3n) is 7.04. The van der Waals surface area contributed by atoms with Crippen LogP contribution in [0.2, 0.25) is 0 Å². The topological polar surface area (TPSA) is 126 Å². The van der Waals surface area contributed by atoms with Gasteiger partial charge in [0.25, 0.3) is 0 Å². The number of anilines is 3. The SMILES string of the molecule is CO.N#CC1CCN(c2ccc(-c3cc(C=O)nc(Nc4ccccc4)c3C(=N)C3CCC3)cn2)CC1. The van der Waals surface area contributed by atoms with Gasteiger partial charge in [-0.15, -0.1) is 0 Å². The Morgan fingerprint density at radius 3 is 2.43 bits per heavy atom. The summed E-state index contributed by atoms with van der Waals surface area (Å²) < 4.78 is 0. The van der Waals surface area contributed by atoms with Crippen LogP contribution in [0.15, 0.2) is 54.7 Å². The monoisotopic (exact) mass is 496 g/mol. The predicted molar refractivity (Wildman–Crippen MR) is 145 cm³/mol. The molecule has 0 spiro atoms. The molecule has 0 unspecified atom stereocenters. The molecule has 1 aromatic carbocycles. The van der Waals surface area contributed by atoms with Crippen LogP contribution in [0.5, 0.6) is 0 Å². The molecule has 1 aliphatic heterocycles. The zero-order valence-corrected chi connectivity index (χ0v) is 21.0. The van der Waals surface area contributed by atoms with Gasteiger partial charge in [0.05, 0.1) is 6.07 Å². The van der Waals surface area contributed by atoms with E-state index < -0.39 is 0 Å². The number of para-hydroxylation sites is 1. The number of pyridine rings is 2. The van der Waals surface area contributed by atoms with Gasteiger partial charge in [-0.25, -0.2) is 9.97 Å². The smallest absolute Gasteiger partial charge is 0.168 e. The van der Waals surface area contributed by atoms with Gasteiger partial charge in [0.15, 0.2) is 6.29 Å². The van der Waals surface area contributed by atoms with Crippen LogP contribution in [0.1, 0.15) is 48.2 Å². The summed E-state index contributed by atoms with van der Waals surface area (Å²) in [5, 5.41) is 28.5. The van der Waals surface area contributed by atoms with Crippen LogP contribution >= 0.6 is 0 Å². The second kappa shape index (κ2) is 12.2. The van der Waals surface area contributed by atoms with Crippen molar-refractivity contribution in [3.63, 3.8) is 0 Å². The zero-order valence-electron chi connectivity index (χ0n) is 21.0. The van der Waals surface area contributed by atoms with E-state index in [1.807, 2.05) is 48.7 Å². The van der Waals surface area contributed by atoms with Crippen LogP contribution in [0.4, 0.5) is 17.3 Å². The maximum absolute atomic E-state index is 11.8.